The lowest BCUT2D eigenvalue weighted by Crippen LogP contribution is -2.10. The molecule has 0 saturated heterocycles. The minimum Gasteiger partial charge on any atom is -0.507 e. The lowest BCUT2D eigenvalue weighted by Gasteiger charge is -2.07. The second-order valence-corrected chi connectivity index (χ2v) is 9.03. The minimum absolute atomic E-state index is 0.117. The monoisotopic (exact) mass is 442 g/mol. The van der Waals surface area contributed by atoms with Crippen LogP contribution >= 0.6 is 11.3 Å². The van der Waals surface area contributed by atoms with Crippen LogP contribution in [0, 0.1) is 0 Å². The van der Waals surface area contributed by atoms with Gasteiger partial charge in [0.05, 0.1) is 11.8 Å². The van der Waals surface area contributed by atoms with E-state index in [9.17, 15) is 31.5 Å². The van der Waals surface area contributed by atoms with Crippen molar-refractivity contribution in [3.63, 3.8) is 0 Å². The van der Waals surface area contributed by atoms with Crippen molar-refractivity contribution >= 4 is 32.8 Å². The molecule has 0 aliphatic rings. The summed E-state index contributed by atoms with van der Waals surface area (Å²) in [7, 11) is -3.71. The molecule has 29 heavy (non-hydrogen) atoms. The Balaban J connectivity index is 1.84. The molecule has 0 aliphatic carbocycles. The Morgan fingerprint density at radius 3 is 2.55 bits per heavy atom. The molecule has 1 amide bonds. The van der Waals surface area contributed by atoms with Gasteiger partial charge in [-0.05, 0) is 30.3 Å². The zero-order chi connectivity index (χ0) is 21.4. The highest BCUT2D eigenvalue weighted by Crippen LogP contribution is 2.33. The first-order valence-electron chi connectivity index (χ1n) is 7.93. The van der Waals surface area contributed by atoms with Crippen molar-refractivity contribution in [2.75, 3.05) is 11.6 Å². The van der Waals surface area contributed by atoms with Gasteiger partial charge in [0.1, 0.15) is 20.5 Å². The zero-order valence-corrected chi connectivity index (χ0v) is 16.3. The Morgan fingerprint density at radius 1 is 1.17 bits per heavy atom. The number of thiazole rings is 1. The van der Waals surface area contributed by atoms with Crippen molar-refractivity contribution in [3.8, 4) is 16.3 Å². The highest BCUT2D eigenvalue weighted by molar-refractivity contribution is 7.90. The summed E-state index contributed by atoms with van der Waals surface area (Å²) in [6, 6.07) is 8.14. The van der Waals surface area contributed by atoms with Gasteiger partial charge in [0, 0.05) is 17.5 Å². The molecule has 3 rings (SSSR count). The summed E-state index contributed by atoms with van der Waals surface area (Å²) in [5, 5.41) is 12.4. The largest absolute Gasteiger partial charge is 0.507 e. The molecule has 0 spiro atoms. The molecule has 152 valence electrons. The number of hydrogen-bond donors (Lipinski definition) is 2. The predicted octanol–water partition coefficient (Wildman–Crippen LogP) is 4.19. The van der Waals surface area contributed by atoms with Crippen LogP contribution in [0.5, 0.6) is 5.75 Å². The number of rotatable bonds is 4. The maximum absolute atomic E-state index is 12.9. The molecule has 0 fully saturated rings. The van der Waals surface area contributed by atoms with Gasteiger partial charge >= 0.3 is 6.18 Å². The normalized spacial score (nSPS) is 12.0. The third kappa shape index (κ3) is 4.74. The molecule has 0 unspecified atom stereocenters. The molecular formula is C18H13F3N2O4S2. The van der Waals surface area contributed by atoms with Crippen molar-refractivity contribution in [2.24, 2.45) is 0 Å². The fourth-order valence-electron chi connectivity index (χ4n) is 2.42. The van der Waals surface area contributed by atoms with Crippen LogP contribution in [-0.4, -0.2) is 30.7 Å². The maximum Gasteiger partial charge on any atom is 0.416 e. The van der Waals surface area contributed by atoms with E-state index < -0.39 is 33.2 Å². The standard InChI is InChI=1S/C18H13F3N2O4S2/c1-29(26,27)15-8-12(5-6-13(15)24)23-16(25)14-9-22-17(28-14)10-3-2-4-11(7-10)18(19,20)21/h2-9,24H,1H3,(H,23,25). The van der Waals surface area contributed by atoms with Crippen LogP contribution in [0.4, 0.5) is 18.9 Å². The summed E-state index contributed by atoms with van der Waals surface area (Å²) in [6.07, 6.45) is -2.37. The van der Waals surface area contributed by atoms with Crippen molar-refractivity contribution in [2.45, 2.75) is 11.1 Å². The number of amides is 1. The molecule has 3 aromatic rings. The molecule has 2 N–H and O–H groups in total. The topological polar surface area (TPSA) is 96.4 Å². The van der Waals surface area contributed by atoms with Gasteiger partial charge in [-0.25, -0.2) is 13.4 Å². The average molecular weight is 442 g/mol. The number of phenolic OH excluding ortho intramolecular Hbond substituents is 1. The van der Waals surface area contributed by atoms with E-state index >= 15 is 0 Å². The van der Waals surface area contributed by atoms with E-state index in [0.29, 0.717) is 0 Å². The predicted molar refractivity (Wildman–Crippen MR) is 102 cm³/mol. The van der Waals surface area contributed by atoms with Gasteiger partial charge in [-0.2, -0.15) is 13.2 Å². The molecular weight excluding hydrogens is 429 g/mol. The van der Waals surface area contributed by atoms with E-state index in [1.54, 1.807) is 0 Å². The smallest absolute Gasteiger partial charge is 0.416 e. The fourth-order valence-corrected chi connectivity index (χ4v) is 4.02. The number of halogens is 3. The van der Waals surface area contributed by atoms with Gasteiger partial charge in [-0.1, -0.05) is 12.1 Å². The van der Waals surface area contributed by atoms with E-state index in [0.717, 1.165) is 41.9 Å². The number of nitrogens with zero attached hydrogens (tertiary/aromatic N) is 1. The van der Waals surface area contributed by atoms with Crippen molar-refractivity contribution in [1.82, 2.24) is 4.98 Å². The number of aromatic hydroxyl groups is 1. The van der Waals surface area contributed by atoms with Gasteiger partial charge in [-0.15, -0.1) is 11.3 Å². The Bertz CT molecular complexity index is 1190. The number of nitrogens with one attached hydrogen (secondary N) is 1. The molecule has 0 saturated carbocycles. The number of aromatic nitrogens is 1. The first-order chi connectivity index (χ1) is 13.4. The van der Waals surface area contributed by atoms with Gasteiger partial charge < -0.3 is 10.4 Å². The molecule has 1 aromatic heterocycles. The lowest BCUT2D eigenvalue weighted by atomic mass is 10.1. The van der Waals surface area contributed by atoms with Crippen LogP contribution in [0.3, 0.4) is 0 Å². The van der Waals surface area contributed by atoms with E-state index in [1.165, 1.54) is 24.4 Å². The van der Waals surface area contributed by atoms with Crippen LogP contribution in [0.25, 0.3) is 10.6 Å². The fraction of sp³-hybridized carbons (Fsp3) is 0.111. The van der Waals surface area contributed by atoms with Gasteiger partial charge in [0.2, 0.25) is 0 Å². The average Bonchev–Trinajstić information content (AvgIpc) is 3.12. The Kier molecular flexibility index (Phi) is 5.37. The van der Waals surface area contributed by atoms with E-state index in [4.69, 9.17) is 0 Å². The molecule has 11 heteroatoms. The van der Waals surface area contributed by atoms with Crippen LogP contribution < -0.4 is 5.32 Å². The van der Waals surface area contributed by atoms with Crippen LogP contribution in [0.1, 0.15) is 15.2 Å². The molecule has 2 aromatic carbocycles. The minimum atomic E-state index is -4.50. The quantitative estimate of drug-likeness (QED) is 0.591. The Labute approximate surface area is 167 Å². The SMILES string of the molecule is CS(=O)(=O)c1cc(NC(=O)c2cnc(-c3cccc(C(F)(F)F)c3)s2)ccc1O. The summed E-state index contributed by atoms with van der Waals surface area (Å²) in [5.41, 5.74) is -0.483. The molecule has 0 atom stereocenters. The molecule has 0 radical (unpaired) electrons. The van der Waals surface area contributed by atoms with Crippen molar-refractivity contribution in [1.29, 1.82) is 0 Å². The van der Waals surface area contributed by atoms with Gasteiger partial charge in [0.15, 0.2) is 9.84 Å². The van der Waals surface area contributed by atoms with E-state index in [1.807, 2.05) is 0 Å². The summed E-state index contributed by atoms with van der Waals surface area (Å²) in [4.78, 5) is 16.2. The second-order valence-electron chi connectivity index (χ2n) is 6.02. The van der Waals surface area contributed by atoms with Crippen LogP contribution in [0.15, 0.2) is 53.6 Å². The Hall–Kier alpha value is -2.92. The van der Waals surface area contributed by atoms with E-state index in [2.05, 4.69) is 10.3 Å². The molecule has 0 aliphatic heterocycles. The maximum atomic E-state index is 12.9. The summed E-state index contributed by atoms with van der Waals surface area (Å²) < 4.78 is 61.9. The first kappa shape index (κ1) is 20.8. The molecule has 0 bridgehead atoms. The van der Waals surface area contributed by atoms with Crippen molar-refractivity contribution < 1.29 is 31.5 Å². The number of phenols is 1. The highest BCUT2D eigenvalue weighted by Gasteiger charge is 2.30. The number of alkyl halides is 3. The number of hydrogen-bond acceptors (Lipinski definition) is 6. The van der Waals surface area contributed by atoms with Gasteiger partial charge in [-0.3, -0.25) is 4.79 Å². The van der Waals surface area contributed by atoms with E-state index in [-0.39, 0.29) is 26.0 Å². The zero-order valence-electron chi connectivity index (χ0n) is 14.7. The summed E-state index contributed by atoms with van der Waals surface area (Å²) in [6.45, 7) is 0. The number of anilines is 1. The number of benzene rings is 2. The number of carbonyl (C=O) groups is 1. The number of carbonyl (C=O) groups excluding carboxylic acids is 1. The summed E-state index contributed by atoms with van der Waals surface area (Å²) in [5.74, 6) is -1.07. The van der Waals surface area contributed by atoms with Crippen LogP contribution in [0.2, 0.25) is 0 Å². The third-order valence-corrected chi connectivity index (χ3v) is 5.95. The first-order valence-corrected chi connectivity index (χ1v) is 10.6. The third-order valence-electron chi connectivity index (χ3n) is 3.78. The molecule has 1 heterocycles. The number of sulfone groups is 1. The molecule has 6 nitrogen and oxygen atoms in total. The highest BCUT2D eigenvalue weighted by atomic mass is 32.2. The van der Waals surface area contributed by atoms with Crippen LogP contribution in [-0.2, 0) is 16.0 Å². The van der Waals surface area contributed by atoms with Crippen molar-refractivity contribution in [3.05, 3.63) is 59.1 Å². The Morgan fingerprint density at radius 2 is 1.90 bits per heavy atom. The lowest BCUT2D eigenvalue weighted by molar-refractivity contribution is -0.137. The summed E-state index contributed by atoms with van der Waals surface area (Å²) >= 11 is 0.887. The van der Waals surface area contributed by atoms with Gasteiger partial charge in [0.25, 0.3) is 5.91 Å². The second kappa shape index (κ2) is 7.48.